The minimum absolute atomic E-state index is 0.109. The molecule has 1 amide bonds. The summed E-state index contributed by atoms with van der Waals surface area (Å²) < 4.78 is 18.8. The van der Waals surface area contributed by atoms with Crippen LogP contribution in [0.2, 0.25) is 0 Å². The number of nitrogens with zero attached hydrogens (tertiary/aromatic N) is 1. The Morgan fingerprint density at radius 2 is 1.94 bits per heavy atom. The van der Waals surface area contributed by atoms with Crippen LogP contribution in [0.5, 0.6) is 11.5 Å². The van der Waals surface area contributed by atoms with Gasteiger partial charge in [-0.05, 0) is 77.2 Å². The fraction of sp³-hybridized carbons (Fsp3) is 0.346. The van der Waals surface area contributed by atoms with Gasteiger partial charge in [0.15, 0.2) is 11.5 Å². The van der Waals surface area contributed by atoms with E-state index in [0.717, 1.165) is 39.3 Å². The average molecular weight is 657 g/mol. The van der Waals surface area contributed by atoms with Gasteiger partial charge < -0.3 is 14.2 Å². The van der Waals surface area contributed by atoms with Gasteiger partial charge in [-0.15, -0.1) is 0 Å². The number of methoxy groups -OCH3 is 1. The number of hydrogen-bond donors (Lipinski definition) is 0. The van der Waals surface area contributed by atoms with E-state index in [4.69, 9.17) is 21.7 Å². The lowest BCUT2D eigenvalue weighted by atomic mass is 10.1. The molecule has 0 atom stereocenters. The molecule has 0 spiro atoms. The Labute approximate surface area is 238 Å². The molecule has 10 heteroatoms. The van der Waals surface area contributed by atoms with Crippen molar-refractivity contribution in [3.63, 3.8) is 0 Å². The lowest BCUT2D eigenvalue weighted by Crippen LogP contribution is -2.29. The average Bonchev–Trinajstić information content (AvgIpc) is 3.10. The zero-order chi connectivity index (χ0) is 26.1. The smallest absolute Gasteiger partial charge is 0.305 e. The van der Waals surface area contributed by atoms with Crippen LogP contribution in [-0.4, -0.2) is 41.4 Å². The summed E-state index contributed by atoms with van der Waals surface area (Å²) >= 11 is 13.8. The summed E-state index contributed by atoms with van der Waals surface area (Å²) in [6.45, 7) is 3.30. The van der Waals surface area contributed by atoms with E-state index in [9.17, 15) is 9.59 Å². The predicted octanol–water partition coefficient (Wildman–Crippen LogP) is 7.12. The van der Waals surface area contributed by atoms with E-state index in [2.05, 4.69) is 36.6 Å². The summed E-state index contributed by atoms with van der Waals surface area (Å²) in [5.74, 6) is 0.871. The maximum absolute atomic E-state index is 13.0. The maximum atomic E-state index is 13.0. The molecule has 1 saturated heterocycles. The van der Waals surface area contributed by atoms with Crippen LogP contribution in [-0.2, 0) is 20.9 Å². The second kappa shape index (κ2) is 14.2. The first-order valence-electron chi connectivity index (χ1n) is 11.5. The number of benzene rings is 2. The van der Waals surface area contributed by atoms with Gasteiger partial charge in [0, 0.05) is 17.4 Å². The minimum Gasteiger partial charge on any atom is -0.490 e. The summed E-state index contributed by atoms with van der Waals surface area (Å²) in [6, 6.07) is 11.7. The number of ether oxygens (including phenoxy) is 3. The van der Waals surface area contributed by atoms with E-state index < -0.39 is 0 Å². The van der Waals surface area contributed by atoms with Gasteiger partial charge in [-0.3, -0.25) is 14.5 Å². The van der Waals surface area contributed by atoms with Crippen molar-refractivity contribution in [3.05, 3.63) is 61.4 Å². The van der Waals surface area contributed by atoms with Gasteiger partial charge in [0.05, 0.1) is 23.1 Å². The third-order valence-corrected chi connectivity index (χ3v) is 7.73. The summed E-state index contributed by atoms with van der Waals surface area (Å²) in [7, 11) is 1.38. The molecule has 0 N–H and O–H groups in total. The summed E-state index contributed by atoms with van der Waals surface area (Å²) in [5.41, 5.74) is 1.83. The molecule has 0 aromatic heterocycles. The van der Waals surface area contributed by atoms with Crippen molar-refractivity contribution >= 4 is 78.1 Å². The number of rotatable bonds is 12. The van der Waals surface area contributed by atoms with Crippen LogP contribution in [0.4, 0.5) is 0 Å². The molecule has 0 saturated carbocycles. The Balaban J connectivity index is 1.69. The number of thioether (sulfide) groups is 1. The fourth-order valence-electron chi connectivity index (χ4n) is 3.52. The van der Waals surface area contributed by atoms with Crippen molar-refractivity contribution in [2.24, 2.45) is 0 Å². The fourth-order valence-corrected chi connectivity index (χ4v) is 5.85. The van der Waals surface area contributed by atoms with Gasteiger partial charge in [-0.1, -0.05) is 58.5 Å². The zero-order valence-electron chi connectivity index (χ0n) is 20.1. The molecule has 1 aliphatic heterocycles. The Kier molecular flexibility index (Phi) is 11.3. The van der Waals surface area contributed by atoms with Gasteiger partial charge in [0.2, 0.25) is 0 Å². The van der Waals surface area contributed by atoms with E-state index in [1.165, 1.54) is 18.9 Å². The number of carbonyl (C=O) groups is 2. The molecular weight excluding hydrogens is 630 g/mol. The van der Waals surface area contributed by atoms with Gasteiger partial charge in [-0.2, -0.15) is 0 Å². The van der Waals surface area contributed by atoms with Gasteiger partial charge in [-0.25, -0.2) is 0 Å². The molecule has 0 unspecified atom stereocenters. The molecule has 1 heterocycles. The SMILES string of the molecule is CCOc1cc(/C=C2/SC(=S)N(CCCCCC(=O)OC)C2=O)cc(Br)c1OCc1cccc(Br)c1. The summed E-state index contributed by atoms with van der Waals surface area (Å²) in [6.07, 6.45) is 4.51. The first-order chi connectivity index (χ1) is 17.3. The minimum atomic E-state index is -0.217. The first kappa shape index (κ1) is 28.7. The topological polar surface area (TPSA) is 65.1 Å². The molecule has 1 fully saturated rings. The molecule has 36 heavy (non-hydrogen) atoms. The highest BCUT2D eigenvalue weighted by Crippen LogP contribution is 2.40. The lowest BCUT2D eigenvalue weighted by Gasteiger charge is -2.15. The normalized spacial score (nSPS) is 14.4. The third-order valence-electron chi connectivity index (χ3n) is 5.27. The lowest BCUT2D eigenvalue weighted by molar-refractivity contribution is -0.140. The number of carbonyl (C=O) groups excluding carboxylic acids is 2. The number of amides is 1. The van der Waals surface area contributed by atoms with Gasteiger partial charge >= 0.3 is 5.97 Å². The second-order valence-corrected chi connectivity index (χ2v) is 11.3. The Bertz CT molecular complexity index is 1160. The quantitative estimate of drug-likeness (QED) is 0.104. The Morgan fingerprint density at radius 3 is 2.67 bits per heavy atom. The number of hydrogen-bond acceptors (Lipinski definition) is 7. The van der Waals surface area contributed by atoms with Crippen LogP contribution in [0.1, 0.15) is 43.7 Å². The molecule has 0 radical (unpaired) electrons. The summed E-state index contributed by atoms with van der Waals surface area (Å²) in [4.78, 5) is 26.4. The molecule has 2 aromatic carbocycles. The monoisotopic (exact) mass is 655 g/mol. The number of thiocarbonyl (C=S) groups is 1. The third kappa shape index (κ3) is 8.06. The molecule has 0 bridgehead atoms. The first-order valence-corrected chi connectivity index (χ1v) is 14.3. The summed E-state index contributed by atoms with van der Waals surface area (Å²) in [5, 5.41) is 0. The van der Waals surface area contributed by atoms with Crippen LogP contribution in [0.15, 0.2) is 50.2 Å². The number of halogens is 2. The molecule has 0 aliphatic carbocycles. The van der Waals surface area contributed by atoms with E-state index in [1.54, 1.807) is 4.90 Å². The highest BCUT2D eigenvalue weighted by atomic mass is 79.9. The highest BCUT2D eigenvalue weighted by molar-refractivity contribution is 9.10. The second-order valence-electron chi connectivity index (χ2n) is 7.90. The van der Waals surface area contributed by atoms with Crippen LogP contribution in [0.3, 0.4) is 0 Å². The molecular formula is C26H27Br2NO5S2. The molecule has 1 aliphatic rings. The van der Waals surface area contributed by atoms with Gasteiger partial charge in [0.1, 0.15) is 10.9 Å². The molecule has 6 nitrogen and oxygen atoms in total. The van der Waals surface area contributed by atoms with Crippen LogP contribution >= 0.6 is 55.8 Å². The largest absolute Gasteiger partial charge is 0.490 e. The standard InChI is InChI=1S/C26H27Br2NO5S2/c1-3-33-21-14-18(13-20(28)24(21)34-16-17-8-7-9-19(27)12-17)15-22-25(31)29(26(35)36-22)11-6-4-5-10-23(30)32-2/h7-9,12-15H,3-6,10-11,16H2,1-2H3/b22-15+. The Hall–Kier alpha value is -1.88. The van der Waals surface area contributed by atoms with Crippen molar-refractivity contribution in [3.8, 4) is 11.5 Å². The highest BCUT2D eigenvalue weighted by Gasteiger charge is 2.31. The maximum Gasteiger partial charge on any atom is 0.305 e. The molecule has 2 aromatic rings. The van der Waals surface area contributed by atoms with Crippen molar-refractivity contribution in [1.82, 2.24) is 4.90 Å². The molecule has 192 valence electrons. The van der Waals surface area contributed by atoms with Gasteiger partial charge in [0.25, 0.3) is 5.91 Å². The van der Waals surface area contributed by atoms with E-state index in [1.807, 2.05) is 49.4 Å². The predicted molar refractivity (Wildman–Crippen MR) is 154 cm³/mol. The number of unbranched alkanes of at least 4 members (excludes halogenated alkanes) is 2. The Morgan fingerprint density at radius 1 is 1.14 bits per heavy atom. The van der Waals surface area contributed by atoms with E-state index in [0.29, 0.717) is 46.9 Å². The van der Waals surface area contributed by atoms with Crippen molar-refractivity contribution in [2.45, 2.75) is 39.2 Å². The van der Waals surface area contributed by atoms with Crippen LogP contribution < -0.4 is 9.47 Å². The van der Waals surface area contributed by atoms with Crippen LogP contribution in [0.25, 0.3) is 6.08 Å². The zero-order valence-corrected chi connectivity index (χ0v) is 24.9. The van der Waals surface area contributed by atoms with Crippen LogP contribution in [0, 0.1) is 0 Å². The van der Waals surface area contributed by atoms with E-state index >= 15 is 0 Å². The van der Waals surface area contributed by atoms with Crippen molar-refractivity contribution < 1.29 is 23.8 Å². The number of esters is 1. The van der Waals surface area contributed by atoms with Crippen molar-refractivity contribution in [1.29, 1.82) is 0 Å². The van der Waals surface area contributed by atoms with Crippen molar-refractivity contribution in [2.75, 3.05) is 20.3 Å². The van der Waals surface area contributed by atoms with E-state index in [-0.39, 0.29) is 11.9 Å². The molecule has 3 rings (SSSR count).